The summed E-state index contributed by atoms with van der Waals surface area (Å²) < 4.78 is 26.9. The van der Waals surface area contributed by atoms with Crippen molar-refractivity contribution in [2.45, 2.75) is 24.8 Å². The second-order valence-corrected chi connectivity index (χ2v) is 10.6. The van der Waals surface area contributed by atoms with Crippen LogP contribution in [-0.2, 0) is 23.0 Å². The predicted octanol–water partition coefficient (Wildman–Crippen LogP) is 3.26. The minimum atomic E-state index is -3.76. The van der Waals surface area contributed by atoms with Crippen LogP contribution in [0.25, 0.3) is 0 Å². The number of carbonyl (C=O) groups excluding carboxylic acids is 2. The van der Waals surface area contributed by atoms with E-state index in [0.29, 0.717) is 23.5 Å². The number of likely N-dealkylation sites (N-methyl/N-ethyl adjacent to an activating group) is 1. The minimum absolute atomic E-state index is 0. The van der Waals surface area contributed by atoms with Crippen LogP contribution in [0.4, 0.5) is 5.00 Å². The van der Waals surface area contributed by atoms with E-state index in [2.05, 4.69) is 30.3 Å². The molecule has 0 atom stereocenters. The molecule has 1 aliphatic heterocycles. The van der Waals surface area contributed by atoms with Crippen LogP contribution in [0, 0.1) is 0 Å². The molecule has 0 unspecified atom stereocenters. The van der Waals surface area contributed by atoms with Crippen LogP contribution < -0.4 is 11.1 Å². The maximum atomic E-state index is 12.9. The van der Waals surface area contributed by atoms with Crippen molar-refractivity contribution >= 4 is 50.6 Å². The average Bonchev–Trinajstić information content (AvgIpc) is 3.16. The molecule has 3 N–H and O–H groups in total. The van der Waals surface area contributed by atoms with Gasteiger partial charge in [0.25, 0.3) is 11.8 Å². The first-order chi connectivity index (χ1) is 15.7. The van der Waals surface area contributed by atoms with E-state index < -0.39 is 21.8 Å². The first-order valence-electron chi connectivity index (χ1n) is 10.5. The molecule has 0 bridgehead atoms. The Balaban J connectivity index is 0.00000408. The summed E-state index contributed by atoms with van der Waals surface area (Å²) in [6.07, 6.45) is 3.70. The number of primary amides is 1. The third-order valence-corrected chi connectivity index (χ3v) is 8.45. The molecule has 0 fully saturated rings. The van der Waals surface area contributed by atoms with E-state index in [-0.39, 0.29) is 36.0 Å². The molecule has 34 heavy (non-hydrogen) atoms. The highest BCUT2D eigenvalue weighted by Gasteiger charge is 2.28. The van der Waals surface area contributed by atoms with Crippen molar-refractivity contribution in [1.29, 1.82) is 0 Å². The van der Waals surface area contributed by atoms with Crippen molar-refractivity contribution in [3.05, 3.63) is 71.1 Å². The van der Waals surface area contributed by atoms with Crippen LogP contribution in [0.2, 0.25) is 0 Å². The fourth-order valence-electron chi connectivity index (χ4n) is 3.74. The Morgan fingerprint density at radius 3 is 2.35 bits per heavy atom. The number of anilines is 1. The van der Waals surface area contributed by atoms with E-state index in [9.17, 15) is 18.0 Å². The molecule has 0 saturated heterocycles. The monoisotopic (exact) mass is 524 g/mol. The molecule has 1 aromatic carbocycles. The molecule has 0 radical (unpaired) electrons. The first kappa shape index (κ1) is 27.7. The normalized spacial score (nSPS) is 13.6. The number of fused-ring (bicyclic) bond motifs is 1. The second-order valence-electron chi connectivity index (χ2n) is 7.57. The van der Waals surface area contributed by atoms with Crippen LogP contribution in [0.1, 0.15) is 38.1 Å². The highest BCUT2D eigenvalue weighted by molar-refractivity contribution is 7.89. The maximum absolute atomic E-state index is 12.9. The molecular weight excluding hydrogens is 496 g/mol. The van der Waals surface area contributed by atoms with Gasteiger partial charge in [0.2, 0.25) is 10.0 Å². The summed E-state index contributed by atoms with van der Waals surface area (Å²) in [6.45, 7) is 12.0. The Labute approximate surface area is 210 Å². The summed E-state index contributed by atoms with van der Waals surface area (Å²) in [5.41, 5.74) is 7.16. The quantitative estimate of drug-likeness (QED) is 0.463. The fourth-order valence-corrected chi connectivity index (χ4v) is 6.41. The van der Waals surface area contributed by atoms with E-state index in [1.165, 1.54) is 52.1 Å². The number of benzene rings is 1. The van der Waals surface area contributed by atoms with Gasteiger partial charge in [-0.15, -0.1) is 36.9 Å². The number of thiophene rings is 1. The smallest absolute Gasteiger partial charge is 0.256 e. The highest BCUT2D eigenvalue weighted by Crippen LogP contribution is 2.37. The van der Waals surface area contributed by atoms with E-state index in [4.69, 9.17) is 5.73 Å². The number of amides is 2. The van der Waals surface area contributed by atoms with Gasteiger partial charge in [-0.2, -0.15) is 4.31 Å². The van der Waals surface area contributed by atoms with Crippen LogP contribution in [0.15, 0.2) is 54.5 Å². The number of nitrogens with two attached hydrogens (primary N) is 1. The number of nitrogens with one attached hydrogen (secondary N) is 1. The lowest BCUT2D eigenvalue weighted by Gasteiger charge is -2.25. The van der Waals surface area contributed by atoms with Crippen molar-refractivity contribution in [2.24, 2.45) is 5.73 Å². The zero-order valence-corrected chi connectivity index (χ0v) is 21.4. The van der Waals surface area contributed by atoms with E-state index in [1.54, 1.807) is 0 Å². The SMILES string of the molecule is C=CCN(CC=C)S(=O)(=O)c1ccc(C(=O)Nc2sc3c(c2C(N)=O)CCN(CC)C3)cc1.Cl. The summed E-state index contributed by atoms with van der Waals surface area (Å²) in [5.74, 6) is -1.01. The van der Waals surface area contributed by atoms with Gasteiger partial charge in [0, 0.05) is 36.6 Å². The number of halogens is 1. The van der Waals surface area contributed by atoms with Crippen LogP contribution in [0.5, 0.6) is 0 Å². The van der Waals surface area contributed by atoms with Crippen molar-refractivity contribution in [3.63, 3.8) is 0 Å². The van der Waals surface area contributed by atoms with E-state index >= 15 is 0 Å². The first-order valence-corrected chi connectivity index (χ1v) is 12.8. The largest absolute Gasteiger partial charge is 0.365 e. The van der Waals surface area contributed by atoms with Crippen molar-refractivity contribution in [3.8, 4) is 0 Å². The van der Waals surface area contributed by atoms with Gasteiger partial charge in [-0.1, -0.05) is 19.1 Å². The Morgan fingerprint density at radius 1 is 1.21 bits per heavy atom. The summed E-state index contributed by atoms with van der Waals surface area (Å²) in [6, 6.07) is 5.66. The molecule has 2 amide bonds. The van der Waals surface area contributed by atoms with Gasteiger partial charge in [0.05, 0.1) is 10.5 Å². The Kier molecular flexibility index (Phi) is 9.60. The van der Waals surface area contributed by atoms with Gasteiger partial charge < -0.3 is 11.1 Å². The second kappa shape index (κ2) is 11.8. The van der Waals surface area contributed by atoms with Crippen LogP contribution >= 0.6 is 23.7 Å². The van der Waals surface area contributed by atoms with E-state index in [1.807, 2.05) is 0 Å². The number of nitrogens with zero attached hydrogens (tertiary/aromatic N) is 2. The third-order valence-electron chi connectivity index (χ3n) is 5.48. The standard InChI is InChI=1S/C23H28N4O4S2.ClH/c1-4-12-27(13-5-2)33(30,31)17-9-7-16(8-10-17)22(29)25-23-20(21(24)28)18-11-14-26(6-3)15-19(18)32-23;/h4-5,7-10H,1-2,6,11-15H2,3H3,(H2,24,28)(H,25,29);1H. The number of rotatable bonds is 10. The Morgan fingerprint density at radius 2 is 1.82 bits per heavy atom. The fraction of sp³-hybridized carbons (Fsp3) is 0.304. The van der Waals surface area contributed by atoms with Crippen molar-refractivity contribution < 1.29 is 18.0 Å². The number of carbonyl (C=O) groups is 2. The maximum Gasteiger partial charge on any atom is 0.256 e. The molecule has 8 nitrogen and oxygen atoms in total. The lowest BCUT2D eigenvalue weighted by Crippen LogP contribution is -2.31. The molecule has 1 aromatic heterocycles. The summed E-state index contributed by atoms with van der Waals surface area (Å²) in [4.78, 5) is 28.3. The van der Waals surface area contributed by atoms with Gasteiger partial charge in [0.15, 0.2) is 0 Å². The number of hydrogen-bond acceptors (Lipinski definition) is 6. The van der Waals surface area contributed by atoms with Gasteiger partial charge >= 0.3 is 0 Å². The van der Waals surface area contributed by atoms with Crippen molar-refractivity contribution in [1.82, 2.24) is 9.21 Å². The topological polar surface area (TPSA) is 113 Å². The molecule has 0 saturated carbocycles. The molecule has 184 valence electrons. The lowest BCUT2D eigenvalue weighted by molar-refractivity contribution is 0.1000. The molecule has 1 aliphatic rings. The molecule has 11 heteroatoms. The predicted molar refractivity (Wildman–Crippen MR) is 138 cm³/mol. The Bertz CT molecular complexity index is 1170. The Hall–Kier alpha value is -2.50. The molecule has 2 aromatic rings. The lowest BCUT2D eigenvalue weighted by atomic mass is 10.0. The molecule has 0 spiro atoms. The van der Waals surface area contributed by atoms with E-state index in [0.717, 1.165) is 23.5 Å². The van der Waals surface area contributed by atoms with Gasteiger partial charge in [-0.3, -0.25) is 14.5 Å². The average molecular weight is 525 g/mol. The summed E-state index contributed by atoms with van der Waals surface area (Å²) in [7, 11) is -3.76. The zero-order chi connectivity index (χ0) is 24.2. The van der Waals surface area contributed by atoms with Crippen LogP contribution in [0.3, 0.4) is 0 Å². The van der Waals surface area contributed by atoms with Gasteiger partial charge in [0.1, 0.15) is 5.00 Å². The summed E-state index contributed by atoms with van der Waals surface area (Å²) in [5, 5.41) is 3.22. The number of hydrogen-bond donors (Lipinski definition) is 2. The van der Waals surface area contributed by atoms with Crippen LogP contribution in [-0.4, -0.2) is 55.6 Å². The van der Waals surface area contributed by atoms with Gasteiger partial charge in [-0.25, -0.2) is 8.42 Å². The number of sulfonamides is 1. The summed E-state index contributed by atoms with van der Waals surface area (Å²) >= 11 is 1.36. The highest BCUT2D eigenvalue weighted by atomic mass is 35.5. The minimum Gasteiger partial charge on any atom is -0.365 e. The third kappa shape index (κ3) is 5.76. The molecule has 3 rings (SSSR count). The van der Waals surface area contributed by atoms with Crippen molar-refractivity contribution in [2.75, 3.05) is 31.5 Å². The zero-order valence-electron chi connectivity index (χ0n) is 19.0. The molecule has 2 heterocycles. The molecular formula is C23H29ClN4O4S2. The van der Waals surface area contributed by atoms with Gasteiger partial charge in [-0.05, 0) is 42.8 Å². The molecule has 0 aliphatic carbocycles.